The molecule has 0 saturated carbocycles. The number of rotatable bonds is 3. The van der Waals surface area contributed by atoms with Gasteiger partial charge in [0, 0.05) is 10.0 Å². The number of ketones is 1. The van der Waals surface area contributed by atoms with E-state index in [2.05, 4.69) is 15.9 Å². The van der Waals surface area contributed by atoms with Gasteiger partial charge in [0.2, 0.25) is 0 Å². The maximum Gasteiger partial charge on any atom is 0.166 e. The minimum absolute atomic E-state index is 0.0994. The Labute approximate surface area is 113 Å². The zero-order chi connectivity index (χ0) is 13.1. The first-order chi connectivity index (χ1) is 8.56. The van der Waals surface area contributed by atoms with Crippen LogP contribution in [0.4, 0.5) is 4.39 Å². The van der Waals surface area contributed by atoms with E-state index in [1.807, 2.05) is 0 Å². The minimum Gasteiger partial charge on any atom is -0.454 e. The van der Waals surface area contributed by atoms with E-state index in [1.165, 1.54) is 19.1 Å². The van der Waals surface area contributed by atoms with Gasteiger partial charge in [-0.05, 0) is 49.4 Å². The van der Waals surface area contributed by atoms with Crippen molar-refractivity contribution >= 4 is 21.7 Å². The summed E-state index contributed by atoms with van der Waals surface area (Å²) >= 11 is 3.30. The number of Topliss-reactive ketones (excluding diaryl/α,β-unsaturated/α-hetero) is 1. The second-order valence-corrected chi connectivity index (χ2v) is 4.67. The van der Waals surface area contributed by atoms with Gasteiger partial charge < -0.3 is 4.74 Å². The standard InChI is InChI=1S/C14H10BrFO2/c1-9(17)10-2-7-14(13(16)8-10)18-12-5-3-11(15)4-6-12/h2-8H,1H3. The summed E-state index contributed by atoms with van der Waals surface area (Å²) in [4.78, 5) is 11.1. The molecule has 0 spiro atoms. The van der Waals surface area contributed by atoms with Crippen LogP contribution in [0.2, 0.25) is 0 Å². The molecule has 2 nitrogen and oxygen atoms in total. The summed E-state index contributed by atoms with van der Waals surface area (Å²) in [7, 11) is 0. The van der Waals surface area contributed by atoms with Gasteiger partial charge in [-0.3, -0.25) is 4.79 Å². The van der Waals surface area contributed by atoms with E-state index in [1.54, 1.807) is 30.3 Å². The molecule has 2 rings (SSSR count). The van der Waals surface area contributed by atoms with Crippen LogP contribution >= 0.6 is 15.9 Å². The van der Waals surface area contributed by atoms with Crippen LogP contribution in [0.15, 0.2) is 46.9 Å². The number of halogens is 2. The Morgan fingerprint density at radius 3 is 2.39 bits per heavy atom. The molecule has 0 amide bonds. The van der Waals surface area contributed by atoms with Crippen molar-refractivity contribution in [3.63, 3.8) is 0 Å². The quantitative estimate of drug-likeness (QED) is 0.776. The molecule has 18 heavy (non-hydrogen) atoms. The van der Waals surface area contributed by atoms with Crippen molar-refractivity contribution < 1.29 is 13.9 Å². The molecular formula is C14H10BrFO2. The van der Waals surface area contributed by atoms with Gasteiger partial charge in [-0.25, -0.2) is 4.39 Å². The van der Waals surface area contributed by atoms with Crippen LogP contribution in [0.1, 0.15) is 17.3 Å². The van der Waals surface area contributed by atoms with Crippen LogP contribution < -0.4 is 4.74 Å². The summed E-state index contributed by atoms with van der Waals surface area (Å²) in [5, 5.41) is 0. The molecule has 0 aliphatic heterocycles. The molecule has 0 unspecified atom stereocenters. The Hall–Kier alpha value is -1.68. The first kappa shape index (κ1) is 12.8. The normalized spacial score (nSPS) is 10.2. The molecule has 0 atom stereocenters. The zero-order valence-electron chi connectivity index (χ0n) is 9.61. The maximum atomic E-state index is 13.7. The highest BCUT2D eigenvalue weighted by molar-refractivity contribution is 9.10. The number of benzene rings is 2. The predicted octanol–water partition coefficient (Wildman–Crippen LogP) is 4.58. The summed E-state index contributed by atoms with van der Waals surface area (Å²) in [6.07, 6.45) is 0. The molecule has 0 aliphatic rings. The van der Waals surface area contributed by atoms with Gasteiger partial charge in [0.15, 0.2) is 17.3 Å². The number of hydrogen-bond acceptors (Lipinski definition) is 2. The van der Waals surface area contributed by atoms with E-state index < -0.39 is 5.82 Å². The summed E-state index contributed by atoms with van der Waals surface area (Å²) in [5.41, 5.74) is 0.329. The van der Waals surface area contributed by atoms with Crippen molar-refractivity contribution in [3.05, 3.63) is 58.3 Å². The highest BCUT2D eigenvalue weighted by Gasteiger charge is 2.08. The molecule has 4 heteroatoms. The molecule has 0 fully saturated rings. The third-order valence-corrected chi connectivity index (χ3v) is 2.91. The second kappa shape index (κ2) is 5.31. The third kappa shape index (κ3) is 2.96. The van der Waals surface area contributed by atoms with Gasteiger partial charge >= 0.3 is 0 Å². The summed E-state index contributed by atoms with van der Waals surface area (Å²) in [6, 6.07) is 11.2. The average molecular weight is 309 g/mol. The molecule has 0 aromatic heterocycles. The highest BCUT2D eigenvalue weighted by Crippen LogP contribution is 2.26. The van der Waals surface area contributed by atoms with E-state index >= 15 is 0 Å². The molecule has 92 valence electrons. The van der Waals surface area contributed by atoms with Gasteiger partial charge in [0.25, 0.3) is 0 Å². The minimum atomic E-state index is -0.550. The van der Waals surface area contributed by atoms with Crippen LogP contribution in [0, 0.1) is 5.82 Å². The van der Waals surface area contributed by atoms with Gasteiger partial charge in [-0.1, -0.05) is 15.9 Å². The fourth-order valence-corrected chi connectivity index (χ4v) is 1.70. The van der Waals surface area contributed by atoms with E-state index in [9.17, 15) is 9.18 Å². The molecule has 2 aromatic carbocycles. The lowest BCUT2D eigenvalue weighted by Gasteiger charge is -2.07. The maximum absolute atomic E-state index is 13.7. The van der Waals surface area contributed by atoms with Crippen LogP contribution in [0.25, 0.3) is 0 Å². The number of carbonyl (C=O) groups is 1. The van der Waals surface area contributed by atoms with E-state index in [4.69, 9.17) is 4.74 Å². The highest BCUT2D eigenvalue weighted by atomic mass is 79.9. The van der Waals surface area contributed by atoms with Crippen molar-refractivity contribution in [2.24, 2.45) is 0 Å². The van der Waals surface area contributed by atoms with Crippen molar-refractivity contribution in [1.82, 2.24) is 0 Å². The third-order valence-electron chi connectivity index (χ3n) is 2.38. The molecule has 0 aliphatic carbocycles. The summed E-state index contributed by atoms with van der Waals surface area (Å²) in [5.74, 6) is -0.0929. The molecule has 0 heterocycles. The fourth-order valence-electron chi connectivity index (χ4n) is 1.43. The van der Waals surface area contributed by atoms with Crippen LogP contribution in [-0.4, -0.2) is 5.78 Å². The summed E-state index contributed by atoms with van der Waals surface area (Å²) in [6.45, 7) is 1.39. The lowest BCUT2D eigenvalue weighted by Crippen LogP contribution is -1.95. The van der Waals surface area contributed by atoms with Crippen molar-refractivity contribution in [2.45, 2.75) is 6.92 Å². The SMILES string of the molecule is CC(=O)c1ccc(Oc2ccc(Br)cc2)c(F)c1. The lowest BCUT2D eigenvalue weighted by atomic mass is 10.1. The Morgan fingerprint density at radius 1 is 1.17 bits per heavy atom. The largest absolute Gasteiger partial charge is 0.454 e. The lowest BCUT2D eigenvalue weighted by molar-refractivity contribution is 0.101. The molecule has 0 bridgehead atoms. The van der Waals surface area contributed by atoms with Gasteiger partial charge in [0.05, 0.1) is 0 Å². The summed E-state index contributed by atoms with van der Waals surface area (Å²) < 4.78 is 20.0. The Morgan fingerprint density at radius 2 is 1.83 bits per heavy atom. The molecule has 2 aromatic rings. The van der Waals surface area contributed by atoms with Crippen molar-refractivity contribution in [1.29, 1.82) is 0 Å². The van der Waals surface area contributed by atoms with Gasteiger partial charge in [-0.15, -0.1) is 0 Å². The van der Waals surface area contributed by atoms with E-state index in [0.717, 1.165) is 4.47 Å². The topological polar surface area (TPSA) is 26.3 Å². The molecular weight excluding hydrogens is 299 g/mol. The average Bonchev–Trinajstić information content (AvgIpc) is 2.34. The Balaban J connectivity index is 2.24. The second-order valence-electron chi connectivity index (χ2n) is 3.76. The van der Waals surface area contributed by atoms with Crippen LogP contribution in [-0.2, 0) is 0 Å². The monoisotopic (exact) mass is 308 g/mol. The van der Waals surface area contributed by atoms with Crippen molar-refractivity contribution in [2.75, 3.05) is 0 Å². The predicted molar refractivity (Wildman–Crippen MR) is 70.6 cm³/mol. The zero-order valence-corrected chi connectivity index (χ0v) is 11.2. The van der Waals surface area contributed by atoms with Crippen LogP contribution in [0.5, 0.6) is 11.5 Å². The Bertz CT molecular complexity index is 579. The first-order valence-corrected chi connectivity index (χ1v) is 6.09. The van der Waals surface area contributed by atoms with E-state index in [-0.39, 0.29) is 11.5 Å². The van der Waals surface area contributed by atoms with E-state index in [0.29, 0.717) is 11.3 Å². The first-order valence-electron chi connectivity index (χ1n) is 5.30. The smallest absolute Gasteiger partial charge is 0.166 e. The number of ether oxygens (including phenoxy) is 1. The Kier molecular flexibility index (Phi) is 3.77. The molecule has 0 N–H and O–H groups in total. The number of hydrogen-bond donors (Lipinski definition) is 0. The fraction of sp³-hybridized carbons (Fsp3) is 0.0714. The van der Waals surface area contributed by atoms with Gasteiger partial charge in [0.1, 0.15) is 5.75 Å². The number of carbonyl (C=O) groups excluding carboxylic acids is 1. The van der Waals surface area contributed by atoms with Crippen LogP contribution in [0.3, 0.4) is 0 Å². The van der Waals surface area contributed by atoms with Crippen molar-refractivity contribution in [3.8, 4) is 11.5 Å². The molecule has 0 saturated heterocycles. The molecule has 0 radical (unpaired) electrons. The van der Waals surface area contributed by atoms with Gasteiger partial charge in [-0.2, -0.15) is 0 Å².